The fraction of sp³-hybridized carbons (Fsp3) is 0.444. The van der Waals surface area contributed by atoms with Crippen LogP contribution in [0.25, 0.3) is 0 Å². The summed E-state index contributed by atoms with van der Waals surface area (Å²) in [5, 5.41) is 0. The summed E-state index contributed by atoms with van der Waals surface area (Å²) in [5.41, 5.74) is -0.172. The van der Waals surface area contributed by atoms with E-state index in [1.165, 1.54) is 0 Å². The van der Waals surface area contributed by atoms with Crippen LogP contribution in [0.2, 0.25) is 0 Å². The van der Waals surface area contributed by atoms with Crippen molar-refractivity contribution in [2.75, 3.05) is 19.8 Å². The summed E-state index contributed by atoms with van der Waals surface area (Å²) in [5.74, 6) is 0.868. The van der Waals surface area contributed by atoms with Crippen molar-refractivity contribution >= 4 is 0 Å². The Kier molecular flexibility index (Phi) is 8.10. The van der Waals surface area contributed by atoms with E-state index in [9.17, 15) is 0 Å². The summed E-state index contributed by atoms with van der Waals surface area (Å²) in [6.45, 7) is 7.69. The highest BCUT2D eigenvalue weighted by Gasteiger charge is 2.31. The average Bonchev–Trinajstić information content (AvgIpc) is 2.53. The van der Waals surface area contributed by atoms with E-state index in [1.54, 1.807) is 12.5 Å². The van der Waals surface area contributed by atoms with Crippen LogP contribution in [0.3, 0.4) is 0 Å². The van der Waals surface area contributed by atoms with Gasteiger partial charge in [0.25, 0.3) is 0 Å². The molecule has 0 unspecified atom stereocenters. The second-order valence-electron chi connectivity index (χ2n) is 5.02. The first kappa shape index (κ1) is 17.2. The van der Waals surface area contributed by atoms with E-state index in [4.69, 9.17) is 14.2 Å². The third kappa shape index (κ3) is 6.39. The van der Waals surface area contributed by atoms with Gasteiger partial charge < -0.3 is 14.2 Å². The maximum atomic E-state index is 5.92. The van der Waals surface area contributed by atoms with Gasteiger partial charge in [-0.05, 0) is 32.4 Å². The summed E-state index contributed by atoms with van der Waals surface area (Å²) >= 11 is 0. The van der Waals surface area contributed by atoms with Gasteiger partial charge in [-0.3, -0.25) is 0 Å². The molecule has 0 aliphatic carbocycles. The molecule has 0 aliphatic rings. The Bertz CT molecular complexity index is 407. The minimum Gasteiger partial charge on any atom is -0.501 e. The van der Waals surface area contributed by atoms with Crippen LogP contribution >= 0.6 is 0 Å². The number of para-hydroxylation sites is 1. The third-order valence-electron chi connectivity index (χ3n) is 3.28. The molecule has 3 heteroatoms. The largest absolute Gasteiger partial charge is 0.501 e. The van der Waals surface area contributed by atoms with Crippen molar-refractivity contribution in [1.82, 2.24) is 0 Å². The standard InChI is InChI=1S/C18H26O3/c1-4-12-19-14-18(6-3,15-20-13-5-2)16-21-17-10-8-7-9-11-17/h4-5,7-13H,6,14-16H2,1-3H3/b12-4+,13-5+. The van der Waals surface area contributed by atoms with Crippen molar-refractivity contribution in [2.45, 2.75) is 27.2 Å². The van der Waals surface area contributed by atoms with E-state index >= 15 is 0 Å². The molecule has 0 amide bonds. The normalized spacial score (nSPS) is 12.0. The molecule has 0 aliphatic heterocycles. The van der Waals surface area contributed by atoms with E-state index in [0.29, 0.717) is 19.8 Å². The fourth-order valence-corrected chi connectivity index (χ4v) is 1.83. The Labute approximate surface area is 128 Å². The molecule has 1 rings (SSSR count). The minimum absolute atomic E-state index is 0.172. The van der Waals surface area contributed by atoms with Crippen LogP contribution in [-0.2, 0) is 9.47 Å². The van der Waals surface area contributed by atoms with Crippen molar-refractivity contribution < 1.29 is 14.2 Å². The Hall–Kier alpha value is -1.90. The van der Waals surface area contributed by atoms with E-state index in [0.717, 1.165) is 12.2 Å². The number of ether oxygens (including phenoxy) is 3. The number of rotatable bonds is 10. The third-order valence-corrected chi connectivity index (χ3v) is 3.28. The lowest BCUT2D eigenvalue weighted by atomic mass is 9.88. The van der Waals surface area contributed by atoms with Gasteiger partial charge in [0.1, 0.15) is 12.4 Å². The van der Waals surface area contributed by atoms with Gasteiger partial charge >= 0.3 is 0 Å². The Morgan fingerprint density at radius 3 is 1.95 bits per heavy atom. The average molecular weight is 290 g/mol. The van der Waals surface area contributed by atoms with Gasteiger partial charge in [0, 0.05) is 0 Å². The minimum atomic E-state index is -0.172. The van der Waals surface area contributed by atoms with Crippen LogP contribution in [0.1, 0.15) is 27.2 Å². The van der Waals surface area contributed by atoms with Crippen molar-refractivity contribution in [1.29, 1.82) is 0 Å². The second-order valence-corrected chi connectivity index (χ2v) is 5.02. The van der Waals surface area contributed by atoms with E-state index in [-0.39, 0.29) is 5.41 Å². The van der Waals surface area contributed by atoms with Gasteiger partial charge in [-0.2, -0.15) is 0 Å². The summed E-state index contributed by atoms with van der Waals surface area (Å²) in [6, 6.07) is 9.83. The Morgan fingerprint density at radius 2 is 1.48 bits per heavy atom. The van der Waals surface area contributed by atoms with Crippen LogP contribution in [0.4, 0.5) is 0 Å². The lowest BCUT2D eigenvalue weighted by Crippen LogP contribution is -2.37. The Balaban J connectivity index is 2.67. The molecule has 1 aromatic rings. The van der Waals surface area contributed by atoms with Crippen LogP contribution in [0, 0.1) is 5.41 Å². The van der Waals surface area contributed by atoms with Crippen LogP contribution < -0.4 is 4.74 Å². The number of allylic oxidation sites excluding steroid dienone is 2. The van der Waals surface area contributed by atoms with Gasteiger partial charge in [-0.25, -0.2) is 0 Å². The van der Waals surface area contributed by atoms with Gasteiger partial charge in [0.15, 0.2) is 0 Å². The molecular weight excluding hydrogens is 264 g/mol. The maximum Gasteiger partial charge on any atom is 0.119 e. The van der Waals surface area contributed by atoms with Crippen molar-refractivity contribution in [3.8, 4) is 5.75 Å². The smallest absolute Gasteiger partial charge is 0.119 e. The Morgan fingerprint density at radius 1 is 0.905 bits per heavy atom. The highest BCUT2D eigenvalue weighted by molar-refractivity contribution is 5.21. The van der Waals surface area contributed by atoms with Crippen LogP contribution in [-0.4, -0.2) is 19.8 Å². The SMILES string of the molecule is C/C=C/OCC(CC)(CO/C=C/C)COc1ccccc1. The maximum absolute atomic E-state index is 5.92. The van der Waals surface area contributed by atoms with E-state index < -0.39 is 0 Å². The zero-order valence-electron chi connectivity index (χ0n) is 13.2. The molecule has 21 heavy (non-hydrogen) atoms. The highest BCUT2D eigenvalue weighted by atomic mass is 16.5. The zero-order valence-corrected chi connectivity index (χ0v) is 13.2. The molecule has 0 fully saturated rings. The fourth-order valence-electron chi connectivity index (χ4n) is 1.83. The quantitative estimate of drug-likeness (QED) is 0.591. The van der Waals surface area contributed by atoms with Crippen molar-refractivity contribution in [2.24, 2.45) is 5.41 Å². The summed E-state index contributed by atoms with van der Waals surface area (Å²) in [7, 11) is 0. The van der Waals surface area contributed by atoms with E-state index in [1.807, 2.05) is 56.3 Å². The number of hydrogen-bond acceptors (Lipinski definition) is 3. The first-order valence-corrected chi connectivity index (χ1v) is 7.39. The summed E-state index contributed by atoms with van der Waals surface area (Å²) in [6.07, 6.45) is 8.09. The molecule has 0 N–H and O–H groups in total. The van der Waals surface area contributed by atoms with E-state index in [2.05, 4.69) is 6.92 Å². The lowest BCUT2D eigenvalue weighted by Gasteiger charge is -2.31. The molecule has 0 saturated carbocycles. The summed E-state index contributed by atoms with van der Waals surface area (Å²) < 4.78 is 17.1. The number of hydrogen-bond donors (Lipinski definition) is 0. The first-order valence-electron chi connectivity index (χ1n) is 7.39. The highest BCUT2D eigenvalue weighted by Crippen LogP contribution is 2.25. The van der Waals surface area contributed by atoms with Gasteiger partial charge in [-0.15, -0.1) is 0 Å². The molecule has 0 spiro atoms. The molecule has 0 aromatic heterocycles. The topological polar surface area (TPSA) is 27.7 Å². The monoisotopic (exact) mass is 290 g/mol. The molecular formula is C18H26O3. The zero-order chi connectivity index (χ0) is 15.4. The lowest BCUT2D eigenvalue weighted by molar-refractivity contribution is -0.000117. The van der Waals surface area contributed by atoms with Crippen molar-refractivity contribution in [3.05, 3.63) is 55.0 Å². The van der Waals surface area contributed by atoms with Crippen LogP contribution in [0.15, 0.2) is 55.0 Å². The second kappa shape index (κ2) is 9.92. The van der Waals surface area contributed by atoms with Crippen LogP contribution in [0.5, 0.6) is 5.75 Å². The predicted octanol–water partition coefficient (Wildman–Crippen LogP) is 4.56. The molecule has 1 aromatic carbocycles. The molecule has 0 saturated heterocycles. The molecule has 0 atom stereocenters. The first-order chi connectivity index (χ1) is 10.3. The van der Waals surface area contributed by atoms with Gasteiger partial charge in [-0.1, -0.05) is 37.3 Å². The van der Waals surface area contributed by atoms with Crippen molar-refractivity contribution in [3.63, 3.8) is 0 Å². The summed E-state index contributed by atoms with van der Waals surface area (Å²) in [4.78, 5) is 0. The molecule has 116 valence electrons. The van der Waals surface area contributed by atoms with Gasteiger partial charge in [0.05, 0.1) is 31.2 Å². The molecule has 0 radical (unpaired) electrons. The number of benzene rings is 1. The predicted molar refractivity (Wildman–Crippen MR) is 86.2 cm³/mol. The molecule has 0 heterocycles. The molecule has 3 nitrogen and oxygen atoms in total. The van der Waals surface area contributed by atoms with Gasteiger partial charge in [0.2, 0.25) is 0 Å². The molecule has 0 bridgehead atoms.